The van der Waals surface area contributed by atoms with Crippen LogP contribution in [-0.4, -0.2) is 40.8 Å². The molecule has 5 N–H and O–H groups in total. The number of nitrogens with two attached hydrogens (primary N) is 1. The van der Waals surface area contributed by atoms with Gasteiger partial charge in [0.2, 0.25) is 5.91 Å². The Morgan fingerprint density at radius 2 is 1.72 bits per heavy atom. The molecule has 142 valence electrons. The molecule has 3 unspecified atom stereocenters. The zero-order chi connectivity index (χ0) is 18.1. The third-order valence-electron chi connectivity index (χ3n) is 4.90. The average molecular weight is 371 g/mol. The van der Waals surface area contributed by atoms with Gasteiger partial charge in [0.1, 0.15) is 5.78 Å². The lowest BCUT2D eigenvalue weighted by Crippen LogP contribution is -2.36. The highest BCUT2D eigenvalue weighted by Gasteiger charge is 2.42. The minimum atomic E-state index is -0.129. The first kappa shape index (κ1) is 20.0. The fourth-order valence-electron chi connectivity index (χ4n) is 3.47. The van der Waals surface area contributed by atoms with E-state index in [0.717, 1.165) is 50.7 Å². The maximum absolute atomic E-state index is 11.9. The molecule has 0 aromatic heterocycles. The number of ketones is 1. The first-order valence-corrected chi connectivity index (χ1v) is 10.3. The maximum atomic E-state index is 11.9. The van der Waals surface area contributed by atoms with Crippen molar-refractivity contribution in [2.75, 3.05) is 5.75 Å². The van der Waals surface area contributed by atoms with Gasteiger partial charge < -0.3 is 10.6 Å². The van der Waals surface area contributed by atoms with E-state index in [2.05, 4.69) is 16.1 Å². The van der Waals surface area contributed by atoms with Gasteiger partial charge in [0.05, 0.1) is 12.1 Å². The molecule has 2 heterocycles. The van der Waals surface area contributed by atoms with Crippen LogP contribution in [0.25, 0.3) is 0 Å². The predicted molar refractivity (Wildman–Crippen MR) is 99.0 cm³/mol. The molecule has 3 atom stereocenters. The van der Waals surface area contributed by atoms with E-state index < -0.39 is 0 Å². The molecule has 0 spiro atoms. The lowest BCUT2D eigenvalue weighted by molar-refractivity contribution is -0.121. The molecule has 0 bridgehead atoms. The van der Waals surface area contributed by atoms with E-state index in [-0.39, 0.29) is 24.0 Å². The standard InChI is InChI=1S/C17H30N4O3S/c18-21-15(23)10-4-2-1-3-7-12(22)8-5-6-9-14-16-13(11-25-14)19-17(24)20-16/h13-14,16H,1-11,18H2,(H,21,23)(H2,19,20,24). The Morgan fingerprint density at radius 1 is 1.04 bits per heavy atom. The summed E-state index contributed by atoms with van der Waals surface area (Å²) in [7, 11) is 0. The van der Waals surface area contributed by atoms with Gasteiger partial charge in [-0.3, -0.25) is 15.0 Å². The highest BCUT2D eigenvalue weighted by Crippen LogP contribution is 2.33. The van der Waals surface area contributed by atoms with Crippen LogP contribution in [0.3, 0.4) is 0 Å². The molecule has 2 rings (SSSR count). The van der Waals surface area contributed by atoms with Gasteiger partial charge in [0, 0.05) is 30.3 Å². The number of rotatable bonds is 12. The molecule has 25 heavy (non-hydrogen) atoms. The SMILES string of the molecule is NNC(=O)CCCCCCC(=O)CCCCC1SCC2NC(=O)NC21. The van der Waals surface area contributed by atoms with Crippen molar-refractivity contribution in [2.45, 2.75) is 81.5 Å². The summed E-state index contributed by atoms with van der Waals surface area (Å²) in [5.41, 5.74) is 2.12. The predicted octanol–water partition coefficient (Wildman–Crippen LogP) is 1.61. The van der Waals surface area contributed by atoms with Gasteiger partial charge in [-0.05, 0) is 25.7 Å². The number of hydrogen-bond acceptors (Lipinski definition) is 5. The highest BCUT2D eigenvalue weighted by atomic mass is 32.2. The fraction of sp³-hybridized carbons (Fsp3) is 0.824. The average Bonchev–Trinajstić information content (AvgIpc) is 3.14. The van der Waals surface area contributed by atoms with Gasteiger partial charge in [-0.2, -0.15) is 11.8 Å². The fourth-order valence-corrected chi connectivity index (χ4v) is 5.01. The molecule has 2 fully saturated rings. The van der Waals surface area contributed by atoms with Crippen molar-refractivity contribution in [3.63, 3.8) is 0 Å². The summed E-state index contributed by atoms with van der Waals surface area (Å²) >= 11 is 1.92. The maximum Gasteiger partial charge on any atom is 0.315 e. The van der Waals surface area contributed by atoms with Crippen LogP contribution < -0.4 is 21.9 Å². The molecule has 0 radical (unpaired) electrons. The van der Waals surface area contributed by atoms with Gasteiger partial charge in [0.15, 0.2) is 0 Å². The molecular weight excluding hydrogens is 340 g/mol. The van der Waals surface area contributed by atoms with Crippen molar-refractivity contribution in [2.24, 2.45) is 5.84 Å². The monoisotopic (exact) mass is 370 g/mol. The van der Waals surface area contributed by atoms with Gasteiger partial charge in [-0.25, -0.2) is 10.6 Å². The Balaban J connectivity index is 1.44. The second kappa shape index (κ2) is 10.7. The van der Waals surface area contributed by atoms with E-state index in [1.54, 1.807) is 0 Å². The number of fused-ring (bicyclic) bond motifs is 1. The van der Waals surface area contributed by atoms with Crippen LogP contribution in [-0.2, 0) is 9.59 Å². The molecule has 0 aromatic carbocycles. The summed E-state index contributed by atoms with van der Waals surface area (Å²) in [6.07, 6.45) is 8.47. The third-order valence-corrected chi connectivity index (χ3v) is 6.41. The van der Waals surface area contributed by atoms with Crippen molar-refractivity contribution < 1.29 is 14.4 Å². The number of hydrogen-bond donors (Lipinski definition) is 4. The number of thioether (sulfide) groups is 1. The van der Waals surface area contributed by atoms with Gasteiger partial charge >= 0.3 is 6.03 Å². The van der Waals surface area contributed by atoms with E-state index in [1.165, 1.54) is 0 Å². The zero-order valence-corrected chi connectivity index (χ0v) is 15.5. The number of unbranched alkanes of at least 4 members (excludes halogenated alkanes) is 4. The van der Waals surface area contributed by atoms with Gasteiger partial charge in [-0.15, -0.1) is 0 Å². The molecule has 2 aliphatic heterocycles. The lowest BCUT2D eigenvalue weighted by Gasteiger charge is -2.16. The minimum Gasteiger partial charge on any atom is -0.332 e. The van der Waals surface area contributed by atoms with E-state index in [1.807, 2.05) is 11.8 Å². The topological polar surface area (TPSA) is 113 Å². The molecule has 8 heteroatoms. The van der Waals surface area contributed by atoms with Crippen LogP contribution in [0.1, 0.15) is 64.2 Å². The van der Waals surface area contributed by atoms with E-state index >= 15 is 0 Å². The smallest absolute Gasteiger partial charge is 0.315 e. The van der Waals surface area contributed by atoms with Crippen LogP contribution in [0.5, 0.6) is 0 Å². The minimum absolute atomic E-state index is 0.0425. The Labute approximate surface area is 153 Å². The number of nitrogens with one attached hydrogen (secondary N) is 3. The first-order chi connectivity index (χ1) is 12.1. The Hall–Kier alpha value is -1.28. The van der Waals surface area contributed by atoms with E-state index in [9.17, 15) is 14.4 Å². The van der Waals surface area contributed by atoms with E-state index in [4.69, 9.17) is 5.84 Å². The van der Waals surface area contributed by atoms with Crippen molar-refractivity contribution >= 4 is 29.5 Å². The Morgan fingerprint density at radius 3 is 2.44 bits per heavy atom. The van der Waals surface area contributed by atoms with Gasteiger partial charge in [0.25, 0.3) is 0 Å². The van der Waals surface area contributed by atoms with Crippen LogP contribution >= 0.6 is 11.8 Å². The highest BCUT2D eigenvalue weighted by molar-refractivity contribution is 8.00. The molecule has 0 aromatic rings. The molecule has 0 saturated carbocycles. The van der Waals surface area contributed by atoms with Gasteiger partial charge in [-0.1, -0.05) is 19.3 Å². The quantitative estimate of drug-likeness (QED) is 0.137. The number of Topliss-reactive ketones (excluding diaryl/α,β-unsaturated/α-hetero) is 1. The number of hydrazine groups is 1. The van der Waals surface area contributed by atoms with Crippen LogP contribution in [0.4, 0.5) is 4.79 Å². The largest absolute Gasteiger partial charge is 0.332 e. The normalized spacial score (nSPS) is 24.5. The van der Waals surface area contributed by atoms with Crippen molar-refractivity contribution in [1.82, 2.24) is 16.1 Å². The summed E-state index contributed by atoms with van der Waals surface area (Å²) in [6.45, 7) is 0. The molecular formula is C17H30N4O3S. The van der Waals surface area contributed by atoms with Crippen molar-refractivity contribution in [3.05, 3.63) is 0 Å². The summed E-state index contributed by atoms with van der Waals surface area (Å²) in [5.74, 6) is 6.21. The Kier molecular flexibility index (Phi) is 8.54. The third kappa shape index (κ3) is 6.86. The molecule has 7 nitrogen and oxygen atoms in total. The second-order valence-corrected chi connectivity index (χ2v) is 8.16. The Bertz CT molecular complexity index is 475. The summed E-state index contributed by atoms with van der Waals surface area (Å²) in [5, 5.41) is 6.43. The summed E-state index contributed by atoms with van der Waals surface area (Å²) in [6, 6.07) is 0.494. The number of amides is 3. The number of carbonyl (C=O) groups is 3. The molecule has 2 aliphatic rings. The number of urea groups is 1. The van der Waals surface area contributed by atoms with E-state index in [0.29, 0.717) is 30.3 Å². The molecule has 3 amide bonds. The second-order valence-electron chi connectivity index (χ2n) is 6.89. The summed E-state index contributed by atoms with van der Waals surface area (Å²) < 4.78 is 0. The zero-order valence-electron chi connectivity index (χ0n) is 14.7. The summed E-state index contributed by atoms with van der Waals surface area (Å²) in [4.78, 5) is 34.2. The van der Waals surface area contributed by atoms with Crippen LogP contribution in [0, 0.1) is 0 Å². The first-order valence-electron chi connectivity index (χ1n) is 9.30. The van der Waals surface area contributed by atoms with Crippen LogP contribution in [0.15, 0.2) is 0 Å². The van der Waals surface area contributed by atoms with Crippen LogP contribution in [0.2, 0.25) is 0 Å². The number of carbonyl (C=O) groups excluding carboxylic acids is 3. The molecule has 0 aliphatic carbocycles. The molecule has 2 saturated heterocycles. The van der Waals surface area contributed by atoms with Crippen molar-refractivity contribution in [1.29, 1.82) is 0 Å². The lowest BCUT2D eigenvalue weighted by atomic mass is 10.0. The van der Waals surface area contributed by atoms with Crippen molar-refractivity contribution in [3.8, 4) is 0 Å².